The van der Waals surface area contributed by atoms with Gasteiger partial charge in [0, 0.05) is 29.7 Å². The zero-order valence-electron chi connectivity index (χ0n) is 10.4. The molecule has 1 aliphatic rings. The molecule has 0 aliphatic carbocycles. The Balaban J connectivity index is 0.000000810. The number of rotatable bonds is 1. The van der Waals surface area contributed by atoms with Gasteiger partial charge in [0.25, 0.3) is 0 Å². The Kier molecular flexibility index (Phi) is 5.45. The van der Waals surface area contributed by atoms with E-state index in [9.17, 15) is 0 Å². The quantitative estimate of drug-likeness (QED) is 0.846. The summed E-state index contributed by atoms with van der Waals surface area (Å²) in [4.78, 5) is 7.86. The van der Waals surface area contributed by atoms with Crippen molar-refractivity contribution >= 4 is 35.8 Å². The van der Waals surface area contributed by atoms with Crippen LogP contribution < -0.4 is 5.32 Å². The molecule has 1 saturated heterocycles. The molecule has 1 unspecified atom stereocenters. The van der Waals surface area contributed by atoms with Gasteiger partial charge in [0.15, 0.2) is 0 Å². The smallest absolute Gasteiger partial charge is 0.137 e. The van der Waals surface area contributed by atoms with Crippen LogP contribution in [0.15, 0.2) is 18.3 Å². The zero-order valence-corrected chi connectivity index (χ0v) is 12.0. The van der Waals surface area contributed by atoms with E-state index in [1.165, 1.54) is 29.5 Å². The monoisotopic (exact) mass is 287 g/mol. The second-order valence-electron chi connectivity index (χ2n) is 4.72. The van der Waals surface area contributed by atoms with Crippen LogP contribution in [0.2, 0.25) is 0 Å². The van der Waals surface area contributed by atoms with Gasteiger partial charge in [-0.05, 0) is 44.0 Å². The summed E-state index contributed by atoms with van der Waals surface area (Å²) in [6, 6.07) is 4.45. The molecule has 2 N–H and O–H groups in total. The van der Waals surface area contributed by atoms with Gasteiger partial charge in [-0.3, -0.25) is 0 Å². The molecule has 0 saturated carbocycles. The molecule has 3 heterocycles. The van der Waals surface area contributed by atoms with Crippen molar-refractivity contribution in [3.05, 3.63) is 29.6 Å². The summed E-state index contributed by atoms with van der Waals surface area (Å²) in [5.41, 5.74) is 3.58. The minimum atomic E-state index is 0. The van der Waals surface area contributed by atoms with E-state index in [4.69, 9.17) is 0 Å². The average molecular weight is 288 g/mol. The number of pyridine rings is 1. The second-order valence-corrected chi connectivity index (χ2v) is 4.72. The summed E-state index contributed by atoms with van der Waals surface area (Å²) < 4.78 is 0. The summed E-state index contributed by atoms with van der Waals surface area (Å²) >= 11 is 0. The van der Waals surface area contributed by atoms with E-state index in [1.54, 1.807) is 0 Å². The fraction of sp³-hybridized carbons (Fsp3) is 0.462. The van der Waals surface area contributed by atoms with Crippen molar-refractivity contribution in [2.45, 2.75) is 25.7 Å². The first-order valence-corrected chi connectivity index (χ1v) is 5.99. The molecular formula is C13H19Cl2N3. The van der Waals surface area contributed by atoms with Gasteiger partial charge < -0.3 is 10.3 Å². The fourth-order valence-corrected chi connectivity index (χ4v) is 2.48. The minimum Gasteiger partial charge on any atom is -0.343 e. The van der Waals surface area contributed by atoms with Gasteiger partial charge in [-0.2, -0.15) is 0 Å². The van der Waals surface area contributed by atoms with Crippen molar-refractivity contribution < 1.29 is 0 Å². The van der Waals surface area contributed by atoms with E-state index in [2.05, 4.69) is 34.3 Å². The fourth-order valence-electron chi connectivity index (χ4n) is 2.48. The van der Waals surface area contributed by atoms with Crippen LogP contribution >= 0.6 is 24.8 Å². The molecule has 0 spiro atoms. The molecule has 18 heavy (non-hydrogen) atoms. The first kappa shape index (κ1) is 15.3. The van der Waals surface area contributed by atoms with Gasteiger partial charge in [-0.15, -0.1) is 24.8 Å². The maximum absolute atomic E-state index is 4.42. The summed E-state index contributed by atoms with van der Waals surface area (Å²) in [5, 5.41) is 4.69. The van der Waals surface area contributed by atoms with Crippen LogP contribution in [0.3, 0.4) is 0 Å². The number of H-pyrrole nitrogens is 1. The summed E-state index contributed by atoms with van der Waals surface area (Å²) in [5.74, 6) is 0.628. The highest BCUT2D eigenvalue weighted by Gasteiger charge is 2.17. The summed E-state index contributed by atoms with van der Waals surface area (Å²) in [7, 11) is 0. The molecule has 2 aromatic heterocycles. The highest BCUT2D eigenvalue weighted by Crippen LogP contribution is 2.25. The number of aromatic nitrogens is 2. The van der Waals surface area contributed by atoms with Gasteiger partial charge >= 0.3 is 0 Å². The van der Waals surface area contributed by atoms with Gasteiger partial charge in [0.2, 0.25) is 0 Å². The van der Waals surface area contributed by atoms with Crippen molar-refractivity contribution in [3.63, 3.8) is 0 Å². The van der Waals surface area contributed by atoms with Crippen LogP contribution in [0, 0.1) is 6.92 Å². The lowest BCUT2D eigenvalue weighted by Gasteiger charge is -2.21. The SMILES string of the molecule is Cc1cnc2[nH]c(C3CCCNC3)cc2c1.Cl.Cl. The highest BCUT2D eigenvalue weighted by molar-refractivity contribution is 5.85. The predicted octanol–water partition coefficient (Wildman–Crippen LogP) is 3.18. The molecule has 0 amide bonds. The zero-order chi connectivity index (χ0) is 11.0. The van der Waals surface area contributed by atoms with Gasteiger partial charge in [0.05, 0.1) is 0 Å². The number of fused-ring (bicyclic) bond motifs is 1. The molecule has 0 bridgehead atoms. The number of hydrogen-bond acceptors (Lipinski definition) is 2. The first-order valence-electron chi connectivity index (χ1n) is 5.99. The van der Waals surface area contributed by atoms with Gasteiger partial charge in [-0.1, -0.05) is 0 Å². The molecule has 1 fully saturated rings. The highest BCUT2D eigenvalue weighted by atomic mass is 35.5. The van der Waals surface area contributed by atoms with E-state index >= 15 is 0 Å². The lowest BCUT2D eigenvalue weighted by Crippen LogP contribution is -2.28. The molecule has 3 nitrogen and oxygen atoms in total. The third kappa shape index (κ3) is 2.97. The molecule has 3 rings (SSSR count). The molecule has 0 aromatic carbocycles. The number of hydrogen-bond donors (Lipinski definition) is 2. The molecule has 0 radical (unpaired) electrons. The average Bonchev–Trinajstić information content (AvgIpc) is 2.73. The molecule has 2 aromatic rings. The standard InChI is InChI=1S/C13H17N3.2ClH/c1-9-5-11-6-12(16-13(11)15-7-9)10-3-2-4-14-8-10;;/h5-7,10,14H,2-4,8H2,1H3,(H,15,16);2*1H. The Morgan fingerprint density at radius 3 is 2.83 bits per heavy atom. The number of nitrogens with one attached hydrogen (secondary N) is 2. The topological polar surface area (TPSA) is 40.7 Å². The summed E-state index contributed by atoms with van der Waals surface area (Å²) in [6.45, 7) is 4.33. The van der Waals surface area contributed by atoms with E-state index in [-0.39, 0.29) is 24.8 Å². The molecule has 5 heteroatoms. The van der Waals surface area contributed by atoms with Gasteiger partial charge in [0.1, 0.15) is 5.65 Å². The van der Waals surface area contributed by atoms with Crippen molar-refractivity contribution in [2.75, 3.05) is 13.1 Å². The normalized spacial score (nSPS) is 19.1. The third-order valence-electron chi connectivity index (χ3n) is 3.36. The number of nitrogens with zero attached hydrogens (tertiary/aromatic N) is 1. The second kappa shape index (κ2) is 6.41. The molecule has 1 aliphatic heterocycles. The Hall–Kier alpha value is -0.770. The largest absolute Gasteiger partial charge is 0.343 e. The third-order valence-corrected chi connectivity index (χ3v) is 3.36. The van der Waals surface area contributed by atoms with Crippen LogP contribution in [0.25, 0.3) is 11.0 Å². The van der Waals surface area contributed by atoms with E-state index < -0.39 is 0 Å². The van der Waals surface area contributed by atoms with Crippen LogP contribution in [0.1, 0.15) is 30.0 Å². The molecule has 1 atom stereocenters. The number of halogens is 2. The molecular weight excluding hydrogens is 269 g/mol. The lowest BCUT2D eigenvalue weighted by molar-refractivity contribution is 0.456. The Morgan fingerprint density at radius 1 is 1.28 bits per heavy atom. The van der Waals surface area contributed by atoms with E-state index in [0.717, 1.165) is 18.7 Å². The summed E-state index contributed by atoms with van der Waals surface area (Å²) in [6.07, 6.45) is 4.47. The maximum Gasteiger partial charge on any atom is 0.137 e. The van der Waals surface area contributed by atoms with E-state index in [1.807, 2.05) is 6.20 Å². The Labute approximate surface area is 120 Å². The minimum absolute atomic E-state index is 0. The first-order chi connectivity index (χ1) is 7.83. The van der Waals surface area contributed by atoms with Crippen LogP contribution in [0.5, 0.6) is 0 Å². The number of aryl methyl sites for hydroxylation is 1. The van der Waals surface area contributed by atoms with Crippen LogP contribution in [-0.4, -0.2) is 23.1 Å². The van der Waals surface area contributed by atoms with Crippen LogP contribution in [0.4, 0.5) is 0 Å². The van der Waals surface area contributed by atoms with Crippen molar-refractivity contribution in [1.29, 1.82) is 0 Å². The lowest BCUT2D eigenvalue weighted by atomic mass is 9.96. The Bertz CT molecular complexity index is 504. The van der Waals surface area contributed by atoms with Crippen molar-refractivity contribution in [2.24, 2.45) is 0 Å². The van der Waals surface area contributed by atoms with Crippen LogP contribution in [-0.2, 0) is 0 Å². The van der Waals surface area contributed by atoms with E-state index in [0.29, 0.717) is 5.92 Å². The molecule has 100 valence electrons. The predicted molar refractivity (Wildman–Crippen MR) is 80.2 cm³/mol. The van der Waals surface area contributed by atoms with Crippen molar-refractivity contribution in [1.82, 2.24) is 15.3 Å². The van der Waals surface area contributed by atoms with Crippen molar-refractivity contribution in [3.8, 4) is 0 Å². The number of aromatic amines is 1. The number of piperidine rings is 1. The maximum atomic E-state index is 4.42. The Morgan fingerprint density at radius 2 is 2.11 bits per heavy atom. The van der Waals surface area contributed by atoms with Gasteiger partial charge in [-0.25, -0.2) is 4.98 Å².